The highest BCUT2D eigenvalue weighted by Gasteiger charge is 2.39. The first-order valence-corrected chi connectivity index (χ1v) is 13.3. The lowest BCUT2D eigenvalue weighted by Crippen LogP contribution is -2.48. The van der Waals surface area contributed by atoms with Crippen molar-refractivity contribution in [2.45, 2.75) is 64.5 Å². The van der Waals surface area contributed by atoms with Crippen molar-refractivity contribution in [3.05, 3.63) is 63.7 Å². The van der Waals surface area contributed by atoms with Crippen molar-refractivity contribution < 1.29 is 40.7 Å². The van der Waals surface area contributed by atoms with Crippen LogP contribution in [0.25, 0.3) is 0 Å². The Labute approximate surface area is 242 Å². The van der Waals surface area contributed by atoms with Gasteiger partial charge in [-0.2, -0.15) is 26.3 Å². The molecule has 1 heterocycles. The van der Waals surface area contributed by atoms with Gasteiger partial charge >= 0.3 is 12.4 Å². The third-order valence-electron chi connectivity index (χ3n) is 6.98. The van der Waals surface area contributed by atoms with Crippen molar-refractivity contribution in [1.29, 1.82) is 0 Å². The van der Waals surface area contributed by atoms with Crippen LogP contribution >= 0.6 is 11.6 Å². The van der Waals surface area contributed by atoms with Gasteiger partial charge in [-0.15, -0.1) is 0 Å². The van der Waals surface area contributed by atoms with Gasteiger partial charge in [-0.25, -0.2) is 4.99 Å². The molecule has 3 amide bonds. The number of hydrogen-bond donors (Lipinski definition) is 3. The Hall–Kier alpha value is -3.61. The second-order valence-corrected chi connectivity index (χ2v) is 10.5. The Morgan fingerprint density at radius 2 is 1.67 bits per heavy atom. The van der Waals surface area contributed by atoms with E-state index in [1.165, 1.54) is 6.07 Å². The van der Waals surface area contributed by atoms with Gasteiger partial charge in [0.1, 0.15) is 0 Å². The summed E-state index contributed by atoms with van der Waals surface area (Å²) in [6.07, 6.45) is -16.0. The molecule has 0 saturated carbocycles. The van der Waals surface area contributed by atoms with Gasteiger partial charge in [0.05, 0.1) is 16.4 Å². The lowest BCUT2D eigenvalue weighted by Gasteiger charge is -2.26. The number of fused-ring (bicyclic) bond motifs is 1. The van der Waals surface area contributed by atoms with Crippen LogP contribution in [0.1, 0.15) is 54.4 Å². The van der Waals surface area contributed by atoms with E-state index in [1.54, 1.807) is 24.3 Å². The fourth-order valence-corrected chi connectivity index (χ4v) is 4.88. The number of benzodiazepines with no additional fused rings is 1. The molecule has 4 N–H and O–H groups in total. The lowest BCUT2D eigenvalue weighted by atomic mass is 9.83. The van der Waals surface area contributed by atoms with Gasteiger partial charge in [-0.05, 0) is 56.4 Å². The zero-order valence-electron chi connectivity index (χ0n) is 22.6. The van der Waals surface area contributed by atoms with E-state index in [-0.39, 0.29) is 16.4 Å². The van der Waals surface area contributed by atoms with Gasteiger partial charge in [-0.3, -0.25) is 14.4 Å². The third kappa shape index (κ3) is 8.70. The van der Waals surface area contributed by atoms with E-state index >= 15 is 0 Å². The molecule has 0 aromatic heterocycles. The summed E-state index contributed by atoms with van der Waals surface area (Å²) in [5.41, 5.74) is 8.58. The highest BCUT2D eigenvalue weighted by atomic mass is 35.5. The molecule has 0 saturated heterocycles. The molecule has 0 radical (unpaired) electrons. The highest BCUT2D eigenvalue weighted by Crippen LogP contribution is 2.33. The number of nitrogens with two attached hydrogens (primary N) is 1. The van der Waals surface area contributed by atoms with E-state index < -0.39 is 80.2 Å². The molecule has 3 unspecified atom stereocenters. The van der Waals surface area contributed by atoms with E-state index in [9.17, 15) is 40.7 Å². The van der Waals surface area contributed by atoms with Gasteiger partial charge in [0, 0.05) is 35.8 Å². The van der Waals surface area contributed by atoms with Crippen LogP contribution < -0.4 is 16.4 Å². The Bertz CT molecular complexity index is 1380. The molecule has 0 fully saturated rings. The normalized spacial score (nSPS) is 16.9. The number of aryl methyl sites for hydroxylation is 2. The third-order valence-corrected chi connectivity index (χ3v) is 7.30. The molecular formula is C28H29ClF6N4O3. The number of halogens is 7. The summed E-state index contributed by atoms with van der Waals surface area (Å²) in [7, 11) is 0. The maximum atomic E-state index is 13.4. The van der Waals surface area contributed by atoms with Crippen LogP contribution in [0.4, 0.5) is 32.0 Å². The van der Waals surface area contributed by atoms with Crippen molar-refractivity contribution >= 4 is 40.7 Å². The largest absolute Gasteiger partial charge is 0.389 e. The number of carbonyl (C=O) groups is 3. The number of alkyl halides is 6. The lowest BCUT2D eigenvalue weighted by molar-refractivity contribution is -0.147. The van der Waals surface area contributed by atoms with E-state index in [0.29, 0.717) is 11.1 Å². The van der Waals surface area contributed by atoms with Gasteiger partial charge in [0.25, 0.3) is 5.91 Å². The van der Waals surface area contributed by atoms with E-state index in [0.717, 1.165) is 11.1 Å². The van der Waals surface area contributed by atoms with Crippen LogP contribution in [0.5, 0.6) is 0 Å². The Balaban J connectivity index is 2.01. The van der Waals surface area contributed by atoms with E-state index in [4.69, 9.17) is 17.3 Å². The summed E-state index contributed by atoms with van der Waals surface area (Å²) in [6, 6.07) is 10.1. The van der Waals surface area contributed by atoms with Crippen molar-refractivity contribution in [1.82, 2.24) is 5.32 Å². The number of rotatable bonds is 10. The number of nitrogens with one attached hydrogen (secondary N) is 2. The molecule has 228 valence electrons. The molecule has 1 aliphatic rings. The van der Waals surface area contributed by atoms with Crippen LogP contribution in [0.2, 0.25) is 5.02 Å². The minimum atomic E-state index is -4.74. The van der Waals surface area contributed by atoms with Crippen molar-refractivity contribution in [2.75, 3.05) is 5.32 Å². The quantitative estimate of drug-likeness (QED) is 0.285. The standard InChI is InChI=1S/C28H29ClF6N4O3/c1-14-8-9-16(13-15(14)2)21-19-5-3-7-20(29)22(19)38-26(42)24(37-21)39-25(41)18(10-12-28(33,34)35)17(23(36)40)6-4-11-27(30,31)32/h3,5,7-9,13,17-18,24H,4,6,10-12H2,1-2H3,(H2,36,40)(H,38,42)(H,39,41). The Morgan fingerprint density at radius 3 is 2.26 bits per heavy atom. The summed E-state index contributed by atoms with van der Waals surface area (Å²) < 4.78 is 77.5. The monoisotopic (exact) mass is 618 g/mol. The average Bonchev–Trinajstić information content (AvgIpc) is 3.00. The number of aliphatic imine (C=N–C) groups is 1. The van der Waals surface area contributed by atoms with Crippen LogP contribution in [0, 0.1) is 25.7 Å². The second kappa shape index (κ2) is 13.1. The minimum Gasteiger partial charge on any atom is -0.369 e. The fraction of sp³-hybridized carbons (Fsp3) is 0.429. The number of nitrogens with zero attached hydrogens (tertiary/aromatic N) is 1. The first-order chi connectivity index (χ1) is 19.5. The predicted molar refractivity (Wildman–Crippen MR) is 145 cm³/mol. The number of hydrogen-bond acceptors (Lipinski definition) is 4. The molecule has 2 aromatic carbocycles. The van der Waals surface area contributed by atoms with Crippen molar-refractivity contribution in [3.8, 4) is 0 Å². The Kier molecular flexibility index (Phi) is 10.3. The summed E-state index contributed by atoms with van der Waals surface area (Å²) in [6.45, 7) is 3.74. The number of carbonyl (C=O) groups excluding carboxylic acids is 3. The molecule has 3 rings (SSSR count). The number of anilines is 1. The SMILES string of the molecule is Cc1ccc(C2=NC(NC(=O)C(CCC(F)(F)F)C(CCCC(F)(F)F)C(N)=O)C(=O)Nc3c(Cl)cccc32)cc1C. The zero-order chi connectivity index (χ0) is 31.4. The van der Waals surface area contributed by atoms with Crippen molar-refractivity contribution in [3.63, 3.8) is 0 Å². The molecule has 0 spiro atoms. The van der Waals surface area contributed by atoms with Gasteiger partial charge in [0.2, 0.25) is 18.0 Å². The molecule has 0 aliphatic carbocycles. The summed E-state index contributed by atoms with van der Waals surface area (Å²) in [5, 5.41) is 5.02. The highest BCUT2D eigenvalue weighted by molar-refractivity contribution is 6.36. The van der Waals surface area contributed by atoms with Crippen LogP contribution in [0.15, 0.2) is 41.4 Å². The maximum absolute atomic E-state index is 13.4. The van der Waals surface area contributed by atoms with Gasteiger partial charge in [-0.1, -0.05) is 35.9 Å². The van der Waals surface area contributed by atoms with Gasteiger partial charge in [0.15, 0.2) is 0 Å². The summed E-state index contributed by atoms with van der Waals surface area (Å²) in [4.78, 5) is 43.2. The molecule has 42 heavy (non-hydrogen) atoms. The maximum Gasteiger partial charge on any atom is 0.389 e. The Morgan fingerprint density at radius 1 is 1.00 bits per heavy atom. The number of amides is 3. The van der Waals surface area contributed by atoms with Crippen LogP contribution in [0.3, 0.4) is 0 Å². The average molecular weight is 619 g/mol. The fourth-order valence-electron chi connectivity index (χ4n) is 4.65. The minimum absolute atomic E-state index is 0.158. The predicted octanol–water partition coefficient (Wildman–Crippen LogP) is 5.98. The topological polar surface area (TPSA) is 114 Å². The number of para-hydroxylation sites is 1. The van der Waals surface area contributed by atoms with Crippen LogP contribution in [-0.2, 0) is 14.4 Å². The summed E-state index contributed by atoms with van der Waals surface area (Å²) >= 11 is 6.34. The zero-order valence-corrected chi connectivity index (χ0v) is 23.4. The number of benzene rings is 2. The van der Waals surface area contributed by atoms with Crippen LogP contribution in [-0.4, -0.2) is 42.0 Å². The van der Waals surface area contributed by atoms with E-state index in [2.05, 4.69) is 15.6 Å². The smallest absolute Gasteiger partial charge is 0.369 e. The molecular weight excluding hydrogens is 590 g/mol. The van der Waals surface area contributed by atoms with Gasteiger partial charge < -0.3 is 16.4 Å². The summed E-state index contributed by atoms with van der Waals surface area (Å²) in [5.74, 6) is -6.73. The molecule has 14 heteroatoms. The molecule has 3 atom stereocenters. The molecule has 1 aliphatic heterocycles. The molecule has 0 bridgehead atoms. The first kappa shape index (κ1) is 32.9. The van der Waals surface area contributed by atoms with E-state index in [1.807, 2.05) is 19.9 Å². The second-order valence-electron chi connectivity index (χ2n) is 10.1. The number of primary amides is 1. The molecule has 7 nitrogen and oxygen atoms in total. The molecule has 2 aromatic rings. The first-order valence-electron chi connectivity index (χ1n) is 12.9. The van der Waals surface area contributed by atoms with Crippen molar-refractivity contribution in [2.24, 2.45) is 22.6 Å².